The number of benzene rings is 2. The zero-order valence-corrected chi connectivity index (χ0v) is 22.7. The van der Waals surface area contributed by atoms with Crippen LogP contribution < -0.4 is 14.8 Å². The van der Waals surface area contributed by atoms with Gasteiger partial charge in [0.2, 0.25) is 0 Å². The van der Waals surface area contributed by atoms with Crippen LogP contribution in [0.5, 0.6) is 11.5 Å². The lowest BCUT2D eigenvalue weighted by molar-refractivity contribution is -0.136. The third-order valence-corrected chi connectivity index (χ3v) is 8.32. The summed E-state index contributed by atoms with van der Waals surface area (Å²) in [7, 11) is 1.64. The second-order valence-corrected chi connectivity index (χ2v) is 10.9. The highest BCUT2D eigenvalue weighted by Crippen LogP contribution is 2.37. The minimum absolute atomic E-state index is 0.119. The number of methoxy groups -OCH3 is 1. The van der Waals surface area contributed by atoms with Gasteiger partial charge in [-0.3, -0.25) is 4.79 Å². The third kappa shape index (κ3) is 6.00. The molecule has 2 aromatic carbocycles. The van der Waals surface area contributed by atoms with Gasteiger partial charge in [-0.1, -0.05) is 12.5 Å². The molecule has 1 unspecified atom stereocenters. The van der Waals surface area contributed by atoms with Crippen LogP contribution in [0, 0.1) is 0 Å². The molecule has 1 aliphatic rings. The molecule has 0 spiro atoms. The van der Waals surface area contributed by atoms with Crippen molar-refractivity contribution in [1.82, 2.24) is 14.9 Å². The molecule has 4 aromatic rings. The number of hydrogen-bond donors (Lipinski definition) is 2. The highest BCUT2D eigenvalue weighted by molar-refractivity contribution is 7.19. The molecule has 5 rings (SSSR count). The van der Waals surface area contributed by atoms with Crippen LogP contribution >= 0.6 is 11.3 Å². The number of thiophene rings is 1. The monoisotopic (exact) mass is 534 g/mol. The number of nitrogens with one attached hydrogen (secondary N) is 1. The summed E-state index contributed by atoms with van der Waals surface area (Å²) < 4.78 is 12.9. The summed E-state index contributed by atoms with van der Waals surface area (Å²) in [6, 6.07) is 12.6. The van der Waals surface area contributed by atoms with Crippen LogP contribution in [0.25, 0.3) is 21.0 Å². The van der Waals surface area contributed by atoms with Crippen molar-refractivity contribution in [2.24, 2.45) is 0 Å². The van der Waals surface area contributed by atoms with Crippen LogP contribution in [0.3, 0.4) is 0 Å². The summed E-state index contributed by atoms with van der Waals surface area (Å²) in [5.41, 5.74) is 1.67. The third-order valence-electron chi connectivity index (χ3n) is 7.16. The number of fused-ring (bicyclic) bond motifs is 2. The largest absolute Gasteiger partial charge is 0.493 e. The Hall–Kier alpha value is -3.43. The van der Waals surface area contributed by atoms with Crippen LogP contribution in [-0.4, -0.2) is 58.8 Å². The maximum Gasteiger partial charge on any atom is 0.303 e. The first-order chi connectivity index (χ1) is 18.5. The van der Waals surface area contributed by atoms with E-state index in [0.717, 1.165) is 44.5 Å². The maximum absolute atomic E-state index is 11.0. The highest BCUT2D eigenvalue weighted by atomic mass is 32.1. The van der Waals surface area contributed by atoms with Gasteiger partial charge >= 0.3 is 5.97 Å². The molecule has 1 aliphatic heterocycles. The predicted molar refractivity (Wildman–Crippen MR) is 152 cm³/mol. The molecule has 38 heavy (non-hydrogen) atoms. The molecule has 2 N–H and O–H groups in total. The smallest absolute Gasteiger partial charge is 0.303 e. The van der Waals surface area contributed by atoms with Gasteiger partial charge in [0, 0.05) is 44.7 Å². The second-order valence-electron chi connectivity index (χ2n) is 9.77. The van der Waals surface area contributed by atoms with E-state index in [1.807, 2.05) is 24.3 Å². The Kier molecular flexibility index (Phi) is 8.24. The average molecular weight is 535 g/mol. The standard InChI is InChI=1S/C29H34N4O4S/c1-19-7-3-4-12-33(19)13-6-14-37-26-16-22-24(17-25(26)36-2)30-18-31-29(22)32-23-8-5-9-27-21(23)15-20(38-27)10-11-28(34)35/h5,8-9,15-19H,3-4,6-7,10-14H2,1-2H3,(H,34,35)(H,30,31,32). The van der Waals surface area contributed by atoms with E-state index < -0.39 is 5.97 Å². The number of aliphatic carboxylic acids is 1. The molecule has 0 aliphatic carbocycles. The summed E-state index contributed by atoms with van der Waals surface area (Å²) in [6.07, 6.45) is 7.01. The summed E-state index contributed by atoms with van der Waals surface area (Å²) in [5, 5.41) is 14.4. The van der Waals surface area contributed by atoms with Gasteiger partial charge in [0.05, 0.1) is 25.7 Å². The van der Waals surface area contributed by atoms with E-state index >= 15 is 0 Å². The number of piperidine rings is 1. The zero-order valence-electron chi connectivity index (χ0n) is 21.9. The highest BCUT2D eigenvalue weighted by Gasteiger charge is 2.18. The second kappa shape index (κ2) is 12.0. The molecule has 0 radical (unpaired) electrons. The number of rotatable bonds is 11. The van der Waals surface area contributed by atoms with Gasteiger partial charge in [-0.2, -0.15) is 0 Å². The summed E-state index contributed by atoms with van der Waals surface area (Å²) in [5.74, 6) is 1.21. The minimum Gasteiger partial charge on any atom is -0.493 e. The average Bonchev–Trinajstić information content (AvgIpc) is 3.35. The number of nitrogens with zero attached hydrogens (tertiary/aromatic N) is 3. The Labute approximate surface area is 226 Å². The summed E-state index contributed by atoms with van der Waals surface area (Å²) >= 11 is 1.62. The fourth-order valence-electron chi connectivity index (χ4n) is 5.08. The number of hydrogen-bond acceptors (Lipinski definition) is 8. The SMILES string of the molecule is COc1cc2ncnc(Nc3cccc4sc(CCC(=O)O)cc34)c2cc1OCCCN1CCCCC1C. The fourth-order valence-corrected chi connectivity index (χ4v) is 6.17. The normalized spacial score (nSPS) is 16.1. The molecule has 2 aromatic heterocycles. The van der Waals surface area contributed by atoms with Crippen molar-refractivity contribution in [3.05, 3.63) is 47.6 Å². The van der Waals surface area contributed by atoms with Crippen molar-refractivity contribution >= 4 is 49.8 Å². The van der Waals surface area contributed by atoms with Gasteiger partial charge in [-0.15, -0.1) is 11.3 Å². The van der Waals surface area contributed by atoms with E-state index in [4.69, 9.17) is 14.6 Å². The molecule has 0 bridgehead atoms. The lowest BCUT2D eigenvalue weighted by Gasteiger charge is -2.33. The van der Waals surface area contributed by atoms with Gasteiger partial charge in [0.1, 0.15) is 12.1 Å². The van der Waals surface area contributed by atoms with Crippen LogP contribution in [-0.2, 0) is 11.2 Å². The Morgan fingerprint density at radius 3 is 2.89 bits per heavy atom. The molecule has 9 heteroatoms. The molecule has 1 atom stereocenters. The Morgan fingerprint density at radius 1 is 1.18 bits per heavy atom. The van der Waals surface area contributed by atoms with E-state index in [1.54, 1.807) is 18.4 Å². The van der Waals surface area contributed by atoms with Crippen LogP contribution in [0.2, 0.25) is 0 Å². The van der Waals surface area contributed by atoms with Gasteiger partial charge < -0.3 is 24.8 Å². The molecule has 8 nitrogen and oxygen atoms in total. The van der Waals surface area contributed by atoms with E-state index in [2.05, 4.69) is 39.2 Å². The van der Waals surface area contributed by atoms with Gasteiger partial charge in [0.15, 0.2) is 11.5 Å². The number of carboxylic acids is 1. The van der Waals surface area contributed by atoms with Crippen molar-refractivity contribution in [2.45, 2.75) is 51.5 Å². The van der Waals surface area contributed by atoms with Gasteiger partial charge in [-0.25, -0.2) is 9.97 Å². The van der Waals surface area contributed by atoms with Gasteiger partial charge in [-0.05, 0) is 63.4 Å². The number of anilines is 2. The maximum atomic E-state index is 11.0. The lowest BCUT2D eigenvalue weighted by atomic mass is 10.0. The van der Waals surface area contributed by atoms with Crippen molar-refractivity contribution in [3.63, 3.8) is 0 Å². The van der Waals surface area contributed by atoms with Crippen LogP contribution in [0.4, 0.5) is 11.5 Å². The number of ether oxygens (including phenoxy) is 2. The Morgan fingerprint density at radius 2 is 2.08 bits per heavy atom. The first kappa shape index (κ1) is 26.2. The quantitative estimate of drug-likeness (QED) is 0.218. The first-order valence-corrected chi connectivity index (χ1v) is 14.0. The van der Waals surface area contributed by atoms with Gasteiger partial charge in [0.25, 0.3) is 0 Å². The Balaban J connectivity index is 1.36. The Bertz CT molecular complexity index is 1420. The molecule has 0 saturated carbocycles. The number of aromatic nitrogens is 2. The minimum atomic E-state index is -0.789. The number of likely N-dealkylation sites (tertiary alicyclic amines) is 1. The number of carbonyl (C=O) groups is 1. The van der Waals surface area contributed by atoms with Crippen molar-refractivity contribution in [2.75, 3.05) is 32.1 Å². The van der Waals surface area contributed by atoms with Crippen LogP contribution in [0.15, 0.2) is 42.7 Å². The summed E-state index contributed by atoms with van der Waals surface area (Å²) in [4.78, 5) is 23.6. The lowest BCUT2D eigenvalue weighted by Crippen LogP contribution is -2.38. The van der Waals surface area contributed by atoms with E-state index in [1.165, 1.54) is 32.1 Å². The van der Waals surface area contributed by atoms with Crippen molar-refractivity contribution in [3.8, 4) is 11.5 Å². The first-order valence-electron chi connectivity index (χ1n) is 13.2. The van der Waals surface area contributed by atoms with Crippen LogP contribution in [0.1, 0.15) is 43.9 Å². The molecule has 200 valence electrons. The number of carboxylic acid groups (broad SMARTS) is 1. The number of aryl methyl sites for hydroxylation is 1. The predicted octanol–water partition coefficient (Wildman–Crippen LogP) is 6.26. The molecular formula is C29H34N4O4S. The van der Waals surface area contributed by atoms with E-state index in [-0.39, 0.29) is 6.42 Å². The van der Waals surface area contributed by atoms with E-state index in [0.29, 0.717) is 36.4 Å². The molecule has 1 fully saturated rings. The molecule has 0 amide bonds. The van der Waals surface area contributed by atoms with Crippen molar-refractivity contribution < 1.29 is 19.4 Å². The molecule has 1 saturated heterocycles. The van der Waals surface area contributed by atoms with Crippen molar-refractivity contribution in [1.29, 1.82) is 0 Å². The summed E-state index contributed by atoms with van der Waals surface area (Å²) in [6.45, 7) is 5.13. The zero-order chi connectivity index (χ0) is 26.5. The van der Waals surface area contributed by atoms with E-state index in [9.17, 15) is 4.79 Å². The topological polar surface area (TPSA) is 96.8 Å². The molecular weight excluding hydrogens is 500 g/mol. The molecule has 3 heterocycles. The fraction of sp³-hybridized carbons (Fsp3) is 0.414.